The molecular weight excluding hydrogens is 222 g/mol. The zero-order chi connectivity index (χ0) is 13.2. The van der Waals surface area contributed by atoms with Crippen molar-refractivity contribution in [3.05, 3.63) is 0 Å². The van der Waals surface area contributed by atoms with Crippen molar-refractivity contribution in [2.24, 2.45) is 11.8 Å². The minimum Gasteiger partial charge on any atom is -0.356 e. The molecule has 0 aromatic carbocycles. The van der Waals surface area contributed by atoms with E-state index in [0.29, 0.717) is 5.91 Å². The Morgan fingerprint density at radius 2 is 1.94 bits per heavy atom. The fraction of sp³-hybridized carbons (Fsp3) is 0.938. The molecule has 0 aromatic heterocycles. The molecule has 1 fully saturated rings. The molecule has 1 atom stereocenters. The monoisotopic (exact) mass is 253 g/mol. The zero-order valence-corrected chi connectivity index (χ0v) is 12.3. The standard InChI is InChI=1S/C16H31NO/c1-3-5-13-17-16(18)15(4-2)12-11-14-9-7-6-8-10-14/h14-15H,3-13H2,1-2H3,(H,17,18). The molecule has 1 aliphatic rings. The smallest absolute Gasteiger partial charge is 0.223 e. The van der Waals surface area contributed by atoms with Crippen molar-refractivity contribution in [1.29, 1.82) is 0 Å². The summed E-state index contributed by atoms with van der Waals surface area (Å²) in [5.41, 5.74) is 0. The molecule has 1 N–H and O–H groups in total. The van der Waals surface area contributed by atoms with E-state index in [0.717, 1.165) is 38.1 Å². The van der Waals surface area contributed by atoms with Gasteiger partial charge in [-0.05, 0) is 31.6 Å². The van der Waals surface area contributed by atoms with E-state index in [1.54, 1.807) is 0 Å². The van der Waals surface area contributed by atoms with Crippen molar-refractivity contribution < 1.29 is 4.79 Å². The molecule has 0 saturated heterocycles. The molecule has 106 valence electrons. The lowest BCUT2D eigenvalue weighted by atomic mass is 9.83. The van der Waals surface area contributed by atoms with Crippen LogP contribution < -0.4 is 5.32 Å². The van der Waals surface area contributed by atoms with Crippen molar-refractivity contribution in [2.75, 3.05) is 6.54 Å². The van der Waals surface area contributed by atoms with Crippen LogP contribution in [0.1, 0.15) is 78.1 Å². The minimum atomic E-state index is 0.254. The Labute approximate surface area is 113 Å². The van der Waals surface area contributed by atoms with Gasteiger partial charge in [-0.1, -0.05) is 52.4 Å². The number of unbranched alkanes of at least 4 members (excludes halogenated alkanes) is 1. The summed E-state index contributed by atoms with van der Waals surface area (Å²) in [6.45, 7) is 5.16. The van der Waals surface area contributed by atoms with Gasteiger partial charge in [0.05, 0.1) is 0 Å². The highest BCUT2D eigenvalue weighted by Crippen LogP contribution is 2.29. The SMILES string of the molecule is CCCCNC(=O)C(CC)CCC1CCCCC1. The summed E-state index contributed by atoms with van der Waals surface area (Å²) in [7, 11) is 0. The summed E-state index contributed by atoms with van der Waals surface area (Å²) < 4.78 is 0. The third-order valence-electron chi connectivity index (χ3n) is 4.34. The maximum atomic E-state index is 12.0. The van der Waals surface area contributed by atoms with Gasteiger partial charge in [-0.2, -0.15) is 0 Å². The van der Waals surface area contributed by atoms with Crippen molar-refractivity contribution in [2.45, 2.75) is 78.1 Å². The lowest BCUT2D eigenvalue weighted by molar-refractivity contribution is -0.125. The van der Waals surface area contributed by atoms with Gasteiger partial charge in [0.2, 0.25) is 5.91 Å². The number of hydrogen-bond acceptors (Lipinski definition) is 1. The number of carbonyl (C=O) groups is 1. The summed E-state index contributed by atoms with van der Waals surface area (Å²) >= 11 is 0. The van der Waals surface area contributed by atoms with E-state index in [1.807, 2.05) is 0 Å². The van der Waals surface area contributed by atoms with E-state index in [-0.39, 0.29) is 5.92 Å². The minimum absolute atomic E-state index is 0.254. The average Bonchev–Trinajstić information content (AvgIpc) is 2.41. The van der Waals surface area contributed by atoms with Crippen LogP contribution in [0.15, 0.2) is 0 Å². The van der Waals surface area contributed by atoms with Gasteiger partial charge >= 0.3 is 0 Å². The van der Waals surface area contributed by atoms with E-state index < -0.39 is 0 Å². The molecule has 0 heterocycles. The number of rotatable bonds is 8. The highest BCUT2D eigenvalue weighted by Gasteiger charge is 2.19. The Morgan fingerprint density at radius 3 is 2.56 bits per heavy atom. The van der Waals surface area contributed by atoms with Gasteiger partial charge in [0.1, 0.15) is 0 Å². The fourth-order valence-corrected chi connectivity index (χ4v) is 2.97. The molecule has 1 aliphatic carbocycles. The molecule has 0 bridgehead atoms. The van der Waals surface area contributed by atoms with Gasteiger partial charge in [0.15, 0.2) is 0 Å². The van der Waals surface area contributed by atoms with Gasteiger partial charge in [0.25, 0.3) is 0 Å². The number of carbonyl (C=O) groups excluding carboxylic acids is 1. The fourth-order valence-electron chi connectivity index (χ4n) is 2.97. The van der Waals surface area contributed by atoms with E-state index >= 15 is 0 Å². The second kappa shape index (κ2) is 9.41. The zero-order valence-electron chi connectivity index (χ0n) is 12.3. The molecule has 2 heteroatoms. The quantitative estimate of drug-likeness (QED) is 0.642. The van der Waals surface area contributed by atoms with Crippen LogP contribution in [0.2, 0.25) is 0 Å². The second-order valence-electron chi connectivity index (χ2n) is 5.83. The highest BCUT2D eigenvalue weighted by atomic mass is 16.1. The molecule has 0 aliphatic heterocycles. The van der Waals surface area contributed by atoms with Crippen molar-refractivity contribution in [3.8, 4) is 0 Å². The normalized spacial score (nSPS) is 18.6. The van der Waals surface area contributed by atoms with Crippen LogP contribution in [0, 0.1) is 11.8 Å². The summed E-state index contributed by atoms with van der Waals surface area (Å²) in [6, 6.07) is 0. The van der Waals surface area contributed by atoms with Crippen LogP contribution in [0.5, 0.6) is 0 Å². The molecule has 1 saturated carbocycles. The number of nitrogens with one attached hydrogen (secondary N) is 1. The van der Waals surface area contributed by atoms with Crippen LogP contribution in [0.3, 0.4) is 0 Å². The van der Waals surface area contributed by atoms with E-state index in [1.165, 1.54) is 38.5 Å². The Kier molecular flexibility index (Phi) is 8.11. The predicted octanol–water partition coefficient (Wildman–Crippen LogP) is 4.29. The maximum absolute atomic E-state index is 12.0. The van der Waals surface area contributed by atoms with Crippen molar-refractivity contribution in [3.63, 3.8) is 0 Å². The van der Waals surface area contributed by atoms with Crippen LogP contribution in [0.25, 0.3) is 0 Å². The number of hydrogen-bond donors (Lipinski definition) is 1. The highest BCUT2D eigenvalue weighted by molar-refractivity contribution is 5.78. The van der Waals surface area contributed by atoms with Crippen LogP contribution in [-0.4, -0.2) is 12.5 Å². The van der Waals surface area contributed by atoms with Crippen molar-refractivity contribution >= 4 is 5.91 Å². The first-order valence-electron chi connectivity index (χ1n) is 8.05. The summed E-state index contributed by atoms with van der Waals surface area (Å²) in [4.78, 5) is 12.0. The Hall–Kier alpha value is -0.530. The van der Waals surface area contributed by atoms with Gasteiger partial charge < -0.3 is 5.32 Å². The Morgan fingerprint density at radius 1 is 1.22 bits per heavy atom. The summed E-state index contributed by atoms with van der Waals surface area (Å²) in [6.07, 6.45) is 12.6. The Balaban J connectivity index is 2.20. The molecule has 1 rings (SSSR count). The van der Waals surface area contributed by atoms with Crippen LogP contribution in [-0.2, 0) is 4.79 Å². The van der Waals surface area contributed by atoms with E-state index in [9.17, 15) is 4.79 Å². The average molecular weight is 253 g/mol. The largest absolute Gasteiger partial charge is 0.356 e. The van der Waals surface area contributed by atoms with E-state index in [2.05, 4.69) is 19.2 Å². The molecule has 0 aromatic rings. The third-order valence-corrected chi connectivity index (χ3v) is 4.34. The van der Waals surface area contributed by atoms with Gasteiger partial charge in [-0.15, -0.1) is 0 Å². The molecule has 1 unspecified atom stereocenters. The molecular formula is C16H31NO. The van der Waals surface area contributed by atoms with Gasteiger partial charge in [-0.25, -0.2) is 0 Å². The first-order chi connectivity index (χ1) is 8.77. The molecule has 1 amide bonds. The third kappa shape index (κ3) is 5.88. The lowest BCUT2D eigenvalue weighted by Crippen LogP contribution is -2.31. The number of amides is 1. The first-order valence-corrected chi connectivity index (χ1v) is 8.05. The lowest BCUT2D eigenvalue weighted by Gasteiger charge is -2.23. The summed E-state index contributed by atoms with van der Waals surface area (Å²) in [5, 5.41) is 3.08. The van der Waals surface area contributed by atoms with E-state index in [4.69, 9.17) is 0 Å². The summed E-state index contributed by atoms with van der Waals surface area (Å²) in [5.74, 6) is 1.45. The Bertz CT molecular complexity index is 221. The molecule has 0 spiro atoms. The van der Waals surface area contributed by atoms with Crippen molar-refractivity contribution in [1.82, 2.24) is 5.32 Å². The van der Waals surface area contributed by atoms with Crippen LogP contribution in [0.4, 0.5) is 0 Å². The van der Waals surface area contributed by atoms with Gasteiger partial charge in [-0.3, -0.25) is 4.79 Å². The maximum Gasteiger partial charge on any atom is 0.223 e. The van der Waals surface area contributed by atoms with Crippen LogP contribution >= 0.6 is 0 Å². The molecule has 18 heavy (non-hydrogen) atoms. The molecule has 0 radical (unpaired) electrons. The topological polar surface area (TPSA) is 29.1 Å². The predicted molar refractivity (Wildman–Crippen MR) is 77.5 cm³/mol. The first kappa shape index (κ1) is 15.5. The molecule has 2 nitrogen and oxygen atoms in total. The second-order valence-corrected chi connectivity index (χ2v) is 5.83. The van der Waals surface area contributed by atoms with Gasteiger partial charge in [0, 0.05) is 12.5 Å².